The highest BCUT2D eigenvalue weighted by Gasteiger charge is 2.05. The average Bonchev–Trinajstić information content (AvgIpc) is 2.40. The number of hydrogen-bond donors (Lipinski definition) is 1. The molecular weight excluding hydrogens is 218 g/mol. The van der Waals surface area contributed by atoms with Crippen LogP contribution < -0.4 is 5.32 Å². The Morgan fingerprint density at radius 2 is 1.72 bits per heavy atom. The van der Waals surface area contributed by atoms with Crippen molar-refractivity contribution in [1.29, 1.82) is 0 Å². The van der Waals surface area contributed by atoms with Crippen molar-refractivity contribution < 1.29 is 0 Å². The van der Waals surface area contributed by atoms with Gasteiger partial charge in [0, 0.05) is 6.04 Å². The van der Waals surface area contributed by atoms with Gasteiger partial charge in [-0.15, -0.1) is 0 Å². The van der Waals surface area contributed by atoms with Gasteiger partial charge in [-0.2, -0.15) is 0 Å². The second-order valence-electron chi connectivity index (χ2n) is 5.36. The van der Waals surface area contributed by atoms with Gasteiger partial charge >= 0.3 is 0 Å². The molecule has 1 atom stereocenters. The van der Waals surface area contributed by atoms with E-state index in [-0.39, 0.29) is 0 Å². The molecule has 1 unspecified atom stereocenters. The van der Waals surface area contributed by atoms with Crippen molar-refractivity contribution >= 4 is 0 Å². The lowest BCUT2D eigenvalue weighted by atomic mass is 10.00. The molecule has 0 aliphatic carbocycles. The molecule has 0 bridgehead atoms. The van der Waals surface area contributed by atoms with E-state index in [1.807, 2.05) is 0 Å². The summed E-state index contributed by atoms with van der Waals surface area (Å²) in [5, 5.41) is 3.46. The third-order valence-corrected chi connectivity index (χ3v) is 3.72. The molecule has 0 fully saturated rings. The zero-order valence-corrected chi connectivity index (χ0v) is 12.3. The Bertz CT molecular complexity index is 302. The molecule has 0 saturated heterocycles. The molecule has 0 aromatic heterocycles. The summed E-state index contributed by atoms with van der Waals surface area (Å²) < 4.78 is 0. The van der Waals surface area contributed by atoms with Crippen LogP contribution in [0.5, 0.6) is 0 Å². The van der Waals surface area contributed by atoms with Crippen molar-refractivity contribution in [3.63, 3.8) is 0 Å². The minimum absolute atomic E-state index is 0.683. The van der Waals surface area contributed by atoms with E-state index in [2.05, 4.69) is 50.5 Å². The number of benzene rings is 1. The Kier molecular flexibility index (Phi) is 7.75. The number of aryl methyl sites for hydroxylation is 2. The van der Waals surface area contributed by atoms with Crippen LogP contribution in [0.4, 0.5) is 0 Å². The molecule has 1 aromatic rings. The van der Waals surface area contributed by atoms with E-state index in [1.54, 1.807) is 0 Å². The van der Waals surface area contributed by atoms with Gasteiger partial charge < -0.3 is 5.32 Å². The maximum atomic E-state index is 3.46. The third-order valence-electron chi connectivity index (χ3n) is 3.72. The molecule has 1 N–H and O–H groups in total. The fourth-order valence-electron chi connectivity index (χ4n) is 2.35. The molecule has 1 rings (SSSR count). The highest BCUT2D eigenvalue weighted by atomic mass is 14.9. The van der Waals surface area contributed by atoms with Crippen molar-refractivity contribution in [2.24, 2.45) is 0 Å². The van der Waals surface area contributed by atoms with E-state index in [9.17, 15) is 0 Å². The van der Waals surface area contributed by atoms with Gasteiger partial charge in [-0.3, -0.25) is 0 Å². The van der Waals surface area contributed by atoms with Crippen LogP contribution >= 0.6 is 0 Å². The third kappa shape index (κ3) is 6.20. The van der Waals surface area contributed by atoms with Gasteiger partial charge in [0.15, 0.2) is 0 Å². The van der Waals surface area contributed by atoms with Crippen LogP contribution in [0, 0.1) is 6.92 Å². The first-order valence-corrected chi connectivity index (χ1v) is 7.49. The van der Waals surface area contributed by atoms with Gasteiger partial charge in [-0.05, 0) is 38.8 Å². The van der Waals surface area contributed by atoms with Crippen LogP contribution in [0.3, 0.4) is 0 Å². The van der Waals surface area contributed by atoms with Crippen LogP contribution in [-0.2, 0) is 6.42 Å². The molecule has 1 heteroatoms. The van der Waals surface area contributed by atoms with Crippen molar-refractivity contribution in [3.8, 4) is 0 Å². The largest absolute Gasteiger partial charge is 0.317 e. The summed E-state index contributed by atoms with van der Waals surface area (Å²) in [6.07, 6.45) is 9.24. The summed E-state index contributed by atoms with van der Waals surface area (Å²) in [6.45, 7) is 4.42. The van der Waals surface area contributed by atoms with Crippen molar-refractivity contribution in [2.75, 3.05) is 7.05 Å². The van der Waals surface area contributed by atoms with E-state index in [1.165, 1.54) is 56.1 Å². The Balaban J connectivity index is 2.24. The van der Waals surface area contributed by atoms with Crippen molar-refractivity contribution in [3.05, 3.63) is 35.4 Å². The first-order chi connectivity index (χ1) is 8.76. The second kappa shape index (κ2) is 9.16. The van der Waals surface area contributed by atoms with Crippen LogP contribution in [0.1, 0.15) is 56.6 Å². The van der Waals surface area contributed by atoms with Gasteiger partial charge in [0.2, 0.25) is 0 Å². The summed E-state index contributed by atoms with van der Waals surface area (Å²) in [7, 11) is 2.10. The molecule has 1 nitrogen and oxygen atoms in total. The molecule has 102 valence electrons. The fraction of sp³-hybridized carbons (Fsp3) is 0.647. The van der Waals surface area contributed by atoms with Crippen LogP contribution in [0.25, 0.3) is 0 Å². The Morgan fingerprint density at radius 3 is 2.33 bits per heavy atom. The molecule has 0 radical (unpaired) electrons. The number of unbranched alkanes of at least 4 members (excludes halogenated alkanes) is 3. The molecule has 1 aromatic carbocycles. The molecule has 0 heterocycles. The monoisotopic (exact) mass is 247 g/mol. The minimum atomic E-state index is 0.683. The number of hydrogen-bond acceptors (Lipinski definition) is 1. The molecule has 18 heavy (non-hydrogen) atoms. The normalized spacial score (nSPS) is 12.6. The lowest BCUT2D eigenvalue weighted by Gasteiger charge is -2.16. The summed E-state index contributed by atoms with van der Waals surface area (Å²) in [6, 6.07) is 9.64. The van der Waals surface area contributed by atoms with Crippen molar-refractivity contribution in [1.82, 2.24) is 5.32 Å². The van der Waals surface area contributed by atoms with E-state index in [0.29, 0.717) is 6.04 Å². The van der Waals surface area contributed by atoms with E-state index in [0.717, 1.165) is 0 Å². The van der Waals surface area contributed by atoms with Crippen LogP contribution in [0.2, 0.25) is 0 Å². The van der Waals surface area contributed by atoms with E-state index >= 15 is 0 Å². The zero-order valence-electron chi connectivity index (χ0n) is 12.3. The Hall–Kier alpha value is -0.820. The summed E-state index contributed by atoms with van der Waals surface area (Å²) in [5.41, 5.74) is 2.82. The quantitative estimate of drug-likeness (QED) is 0.634. The van der Waals surface area contributed by atoms with Gasteiger partial charge in [0.05, 0.1) is 0 Å². The molecule has 0 saturated carbocycles. The van der Waals surface area contributed by atoms with Crippen LogP contribution in [-0.4, -0.2) is 13.1 Å². The van der Waals surface area contributed by atoms with Gasteiger partial charge in [0.1, 0.15) is 0 Å². The Labute approximate surface area is 113 Å². The second-order valence-corrected chi connectivity index (χ2v) is 5.36. The number of nitrogens with one attached hydrogen (secondary N) is 1. The topological polar surface area (TPSA) is 12.0 Å². The zero-order chi connectivity index (χ0) is 13.2. The molecular formula is C17H29N. The highest BCUT2D eigenvalue weighted by molar-refractivity contribution is 5.21. The summed E-state index contributed by atoms with van der Waals surface area (Å²) in [5.74, 6) is 0. The summed E-state index contributed by atoms with van der Waals surface area (Å²) >= 11 is 0. The lowest BCUT2D eigenvalue weighted by Crippen LogP contribution is -2.25. The molecule has 0 amide bonds. The average molecular weight is 247 g/mol. The predicted octanol–water partition coefficient (Wildman–Crippen LogP) is 4.49. The van der Waals surface area contributed by atoms with E-state index in [4.69, 9.17) is 0 Å². The molecule has 0 spiro atoms. The predicted molar refractivity (Wildman–Crippen MR) is 81.1 cm³/mol. The lowest BCUT2D eigenvalue weighted by molar-refractivity contribution is 0.461. The van der Waals surface area contributed by atoms with Crippen molar-refractivity contribution in [2.45, 2.75) is 64.8 Å². The molecule has 0 aliphatic rings. The van der Waals surface area contributed by atoms with Gasteiger partial charge in [-0.25, -0.2) is 0 Å². The SMILES string of the molecule is CCCCCCC(CCc1ccc(C)cc1)NC. The van der Waals surface area contributed by atoms with Gasteiger partial charge in [0.25, 0.3) is 0 Å². The van der Waals surface area contributed by atoms with Gasteiger partial charge in [-0.1, -0.05) is 62.4 Å². The fourth-order valence-corrected chi connectivity index (χ4v) is 2.35. The Morgan fingerprint density at radius 1 is 1.00 bits per heavy atom. The maximum Gasteiger partial charge on any atom is 0.00672 e. The van der Waals surface area contributed by atoms with E-state index < -0.39 is 0 Å². The highest BCUT2D eigenvalue weighted by Crippen LogP contribution is 2.12. The first kappa shape index (κ1) is 15.2. The maximum absolute atomic E-state index is 3.46. The van der Waals surface area contributed by atoms with Crippen LogP contribution in [0.15, 0.2) is 24.3 Å². The smallest absolute Gasteiger partial charge is 0.00672 e. The first-order valence-electron chi connectivity index (χ1n) is 7.49. The minimum Gasteiger partial charge on any atom is -0.317 e. The summed E-state index contributed by atoms with van der Waals surface area (Å²) in [4.78, 5) is 0. The standard InChI is InChI=1S/C17H29N/c1-4-5-6-7-8-17(18-3)14-13-16-11-9-15(2)10-12-16/h9-12,17-18H,4-8,13-14H2,1-3H3. The molecule has 0 aliphatic heterocycles. The number of rotatable bonds is 9.